The van der Waals surface area contributed by atoms with E-state index in [1.807, 2.05) is 10.6 Å². The van der Waals surface area contributed by atoms with Crippen LogP contribution in [-0.2, 0) is 9.53 Å². The van der Waals surface area contributed by atoms with Gasteiger partial charge in [-0.3, -0.25) is 9.89 Å². The van der Waals surface area contributed by atoms with Crippen molar-refractivity contribution in [1.82, 2.24) is 19.7 Å². The second kappa shape index (κ2) is 7.73. The van der Waals surface area contributed by atoms with E-state index >= 15 is 4.39 Å². The highest BCUT2D eigenvalue weighted by molar-refractivity contribution is 5.93. The Morgan fingerprint density at radius 2 is 2.03 bits per heavy atom. The van der Waals surface area contributed by atoms with E-state index in [4.69, 9.17) is 4.74 Å². The number of pyridine rings is 1. The van der Waals surface area contributed by atoms with Crippen LogP contribution in [-0.4, -0.2) is 44.0 Å². The van der Waals surface area contributed by atoms with Crippen molar-refractivity contribution < 1.29 is 23.4 Å². The predicted molar refractivity (Wildman–Crippen MR) is 110 cm³/mol. The topological polar surface area (TPSA) is 93.0 Å². The van der Waals surface area contributed by atoms with Crippen molar-refractivity contribution in [1.29, 1.82) is 0 Å². The number of carbonyl (C=O) groups is 1. The van der Waals surface area contributed by atoms with Gasteiger partial charge in [0.15, 0.2) is 5.65 Å². The first-order valence-electron chi connectivity index (χ1n) is 10.1. The molecule has 0 amide bonds. The number of hydrogen-bond acceptors (Lipinski definition) is 4. The van der Waals surface area contributed by atoms with Crippen molar-refractivity contribution in [2.24, 2.45) is 0 Å². The van der Waals surface area contributed by atoms with E-state index in [0.717, 1.165) is 5.39 Å². The van der Waals surface area contributed by atoms with Crippen LogP contribution in [0.5, 0.6) is 0 Å². The van der Waals surface area contributed by atoms with Gasteiger partial charge >= 0.3 is 5.97 Å². The molecule has 0 unspecified atom stereocenters. The molecule has 1 aliphatic heterocycles. The summed E-state index contributed by atoms with van der Waals surface area (Å²) >= 11 is 0. The highest BCUT2D eigenvalue weighted by Crippen LogP contribution is 2.43. The van der Waals surface area contributed by atoms with E-state index in [0.29, 0.717) is 54.1 Å². The lowest BCUT2D eigenvalue weighted by molar-refractivity contribution is -0.138. The van der Waals surface area contributed by atoms with Crippen LogP contribution in [0.4, 0.5) is 8.78 Å². The molecule has 3 aromatic heterocycles. The molecule has 0 radical (unpaired) electrons. The standard InChI is InChI=1S/C22H20F2N4O3/c23-14-1-3-15(4-2-14)28-17-9-13-11-25-27-22(13)26-20(17)19(16(24)10-18(29)30)21(28)12-5-7-31-8-6-12/h1-4,9,11-12,16H,5-8,10H2,(H,29,30)(H,25,26,27)/t16-/m0/s1. The first-order chi connectivity index (χ1) is 15.0. The number of nitrogens with one attached hydrogen (secondary N) is 1. The molecule has 1 aliphatic rings. The fourth-order valence-corrected chi connectivity index (χ4v) is 4.41. The number of carboxylic acids is 1. The summed E-state index contributed by atoms with van der Waals surface area (Å²) in [6.45, 7) is 1.06. The zero-order valence-electron chi connectivity index (χ0n) is 16.5. The molecule has 0 aliphatic carbocycles. The number of aliphatic carboxylic acids is 1. The minimum atomic E-state index is -1.74. The number of carboxylic acid groups (broad SMARTS) is 1. The molecule has 0 saturated carbocycles. The molecule has 0 bridgehead atoms. The molecular weight excluding hydrogens is 406 g/mol. The third-order valence-corrected chi connectivity index (χ3v) is 5.78. The molecule has 2 N–H and O–H groups in total. The Bertz CT molecular complexity index is 1260. The van der Waals surface area contributed by atoms with Crippen LogP contribution in [0.2, 0.25) is 0 Å². The summed E-state index contributed by atoms with van der Waals surface area (Å²) in [5.74, 6) is -1.65. The van der Waals surface area contributed by atoms with Gasteiger partial charge in [0.05, 0.1) is 23.7 Å². The van der Waals surface area contributed by atoms with Gasteiger partial charge in [0.25, 0.3) is 0 Å². The van der Waals surface area contributed by atoms with Crippen LogP contribution < -0.4 is 0 Å². The smallest absolute Gasteiger partial charge is 0.306 e. The van der Waals surface area contributed by atoms with E-state index in [2.05, 4.69) is 15.2 Å². The van der Waals surface area contributed by atoms with Gasteiger partial charge in [-0.15, -0.1) is 0 Å². The fourth-order valence-electron chi connectivity index (χ4n) is 4.41. The van der Waals surface area contributed by atoms with Crippen LogP contribution in [0.3, 0.4) is 0 Å². The van der Waals surface area contributed by atoms with Crippen molar-refractivity contribution >= 4 is 28.0 Å². The number of aromatic nitrogens is 4. The first-order valence-corrected chi connectivity index (χ1v) is 10.1. The molecule has 4 aromatic rings. The number of H-pyrrole nitrogens is 1. The van der Waals surface area contributed by atoms with Crippen molar-refractivity contribution in [3.63, 3.8) is 0 Å². The zero-order chi connectivity index (χ0) is 21.5. The average Bonchev–Trinajstić information content (AvgIpc) is 3.34. The molecule has 1 atom stereocenters. The minimum Gasteiger partial charge on any atom is -0.481 e. The van der Waals surface area contributed by atoms with Crippen molar-refractivity contribution in [3.8, 4) is 5.69 Å². The van der Waals surface area contributed by atoms with E-state index in [-0.39, 0.29) is 17.3 Å². The summed E-state index contributed by atoms with van der Waals surface area (Å²) < 4.78 is 36.5. The van der Waals surface area contributed by atoms with Crippen LogP contribution in [0.25, 0.3) is 27.8 Å². The molecule has 4 heterocycles. The molecule has 0 spiro atoms. The number of fused-ring (bicyclic) bond motifs is 2. The maximum atomic E-state index is 15.5. The van der Waals surface area contributed by atoms with Crippen molar-refractivity contribution in [2.75, 3.05) is 13.2 Å². The van der Waals surface area contributed by atoms with Gasteiger partial charge in [0.1, 0.15) is 12.0 Å². The largest absolute Gasteiger partial charge is 0.481 e. The van der Waals surface area contributed by atoms with Crippen molar-refractivity contribution in [2.45, 2.75) is 31.4 Å². The monoisotopic (exact) mass is 426 g/mol. The number of nitrogens with zero attached hydrogens (tertiary/aromatic N) is 3. The van der Waals surface area contributed by atoms with E-state index in [1.54, 1.807) is 18.3 Å². The summed E-state index contributed by atoms with van der Waals surface area (Å²) in [4.78, 5) is 16.0. The Kier molecular flexibility index (Phi) is 4.90. The molecule has 7 nitrogen and oxygen atoms in total. The van der Waals surface area contributed by atoms with Gasteiger partial charge in [-0.1, -0.05) is 0 Å². The Morgan fingerprint density at radius 1 is 1.29 bits per heavy atom. The van der Waals surface area contributed by atoms with Gasteiger partial charge in [-0.05, 0) is 43.2 Å². The maximum Gasteiger partial charge on any atom is 0.306 e. The lowest BCUT2D eigenvalue weighted by Gasteiger charge is -2.26. The number of benzene rings is 1. The van der Waals surface area contributed by atoms with Gasteiger partial charge in [0.2, 0.25) is 0 Å². The summed E-state index contributed by atoms with van der Waals surface area (Å²) in [5.41, 5.74) is 3.11. The lowest BCUT2D eigenvalue weighted by Crippen LogP contribution is -2.19. The first kappa shape index (κ1) is 19.6. The second-order valence-corrected chi connectivity index (χ2v) is 7.73. The number of rotatable bonds is 5. The summed E-state index contributed by atoms with van der Waals surface area (Å²) in [6.07, 6.45) is 0.559. The van der Waals surface area contributed by atoms with E-state index < -0.39 is 18.6 Å². The van der Waals surface area contributed by atoms with Gasteiger partial charge < -0.3 is 14.4 Å². The normalized spacial score (nSPS) is 16.2. The van der Waals surface area contributed by atoms with Gasteiger partial charge in [-0.2, -0.15) is 5.10 Å². The third kappa shape index (κ3) is 3.44. The molecule has 1 aromatic carbocycles. The Balaban J connectivity index is 1.86. The second-order valence-electron chi connectivity index (χ2n) is 7.73. The quantitative estimate of drug-likeness (QED) is 0.493. The molecule has 5 rings (SSSR count). The Labute approximate surface area is 175 Å². The summed E-state index contributed by atoms with van der Waals surface area (Å²) in [6, 6.07) is 7.81. The summed E-state index contributed by atoms with van der Waals surface area (Å²) in [5, 5.41) is 16.8. The maximum absolute atomic E-state index is 15.5. The third-order valence-electron chi connectivity index (χ3n) is 5.78. The number of halogens is 2. The molecule has 160 valence electrons. The Hall–Kier alpha value is -3.33. The van der Waals surface area contributed by atoms with Crippen LogP contribution in [0.1, 0.15) is 42.6 Å². The molecule has 1 fully saturated rings. The molecule has 31 heavy (non-hydrogen) atoms. The predicted octanol–water partition coefficient (Wildman–Crippen LogP) is 4.42. The van der Waals surface area contributed by atoms with Crippen LogP contribution in [0, 0.1) is 5.82 Å². The highest BCUT2D eigenvalue weighted by atomic mass is 19.1. The van der Waals surface area contributed by atoms with E-state index in [9.17, 15) is 14.3 Å². The number of alkyl halides is 1. The van der Waals surface area contributed by atoms with Crippen LogP contribution >= 0.6 is 0 Å². The fraction of sp³-hybridized carbons (Fsp3) is 0.318. The SMILES string of the molecule is O=C(O)C[C@H](F)c1c(C2CCOCC2)n(-c2ccc(F)cc2)c2cc3cn[nH]c3nc12. The summed E-state index contributed by atoms with van der Waals surface area (Å²) in [7, 11) is 0. The lowest BCUT2D eigenvalue weighted by atomic mass is 9.91. The van der Waals surface area contributed by atoms with E-state index in [1.165, 1.54) is 12.1 Å². The average molecular weight is 426 g/mol. The van der Waals surface area contributed by atoms with Crippen molar-refractivity contribution in [3.05, 3.63) is 53.6 Å². The molecule has 1 saturated heterocycles. The van der Waals surface area contributed by atoms with Gasteiger partial charge in [0, 0.05) is 41.5 Å². The zero-order valence-corrected chi connectivity index (χ0v) is 16.5. The number of aromatic amines is 1. The van der Waals surface area contributed by atoms with Gasteiger partial charge in [-0.25, -0.2) is 13.8 Å². The molecule has 9 heteroatoms. The highest BCUT2D eigenvalue weighted by Gasteiger charge is 2.32. The minimum absolute atomic E-state index is 0.0495. The Morgan fingerprint density at radius 3 is 2.74 bits per heavy atom. The number of hydrogen-bond donors (Lipinski definition) is 2. The number of ether oxygens (including phenoxy) is 1. The molecular formula is C22H20F2N4O3. The van der Waals surface area contributed by atoms with Crippen LogP contribution in [0.15, 0.2) is 36.5 Å².